The normalized spacial score (nSPS) is 13.9. The summed E-state index contributed by atoms with van der Waals surface area (Å²) in [6.45, 7) is 2.08. The third-order valence-electron chi connectivity index (χ3n) is 4.62. The average molecular weight is 352 g/mol. The maximum Gasteiger partial charge on any atom is 0.254 e. The van der Waals surface area contributed by atoms with Gasteiger partial charge >= 0.3 is 0 Å². The number of rotatable bonds is 7. The highest BCUT2D eigenvalue weighted by Gasteiger charge is 2.20. The minimum atomic E-state index is -0.105. The lowest BCUT2D eigenvalue weighted by atomic mass is 10.1. The first-order valence-corrected chi connectivity index (χ1v) is 8.98. The van der Waals surface area contributed by atoms with Gasteiger partial charge in [0.25, 0.3) is 5.91 Å². The van der Waals surface area contributed by atoms with Crippen LogP contribution >= 0.6 is 0 Å². The lowest BCUT2D eigenvalue weighted by Crippen LogP contribution is -2.33. The summed E-state index contributed by atoms with van der Waals surface area (Å²) in [7, 11) is 0. The van der Waals surface area contributed by atoms with E-state index in [9.17, 15) is 14.7 Å². The Labute approximate surface area is 153 Å². The third-order valence-corrected chi connectivity index (χ3v) is 4.62. The molecule has 26 heavy (non-hydrogen) atoms. The highest BCUT2D eigenvalue weighted by atomic mass is 16.3. The second-order valence-electron chi connectivity index (χ2n) is 6.55. The Hall–Kier alpha value is -2.66. The van der Waals surface area contributed by atoms with Gasteiger partial charge in [-0.15, -0.1) is 0 Å². The zero-order valence-corrected chi connectivity index (χ0v) is 14.8. The molecule has 0 radical (unpaired) electrons. The molecule has 2 amide bonds. The Morgan fingerprint density at radius 3 is 2.38 bits per heavy atom. The van der Waals surface area contributed by atoms with E-state index in [1.165, 1.54) is 0 Å². The number of aliphatic hydroxyl groups is 1. The van der Waals surface area contributed by atoms with Crippen LogP contribution in [0.1, 0.15) is 34.3 Å². The third kappa shape index (κ3) is 4.49. The van der Waals surface area contributed by atoms with Crippen LogP contribution in [0.4, 0.5) is 0 Å². The minimum Gasteiger partial charge on any atom is -0.395 e. The van der Waals surface area contributed by atoms with Gasteiger partial charge in [0.05, 0.1) is 6.61 Å². The minimum absolute atomic E-state index is 0.0757. The van der Waals surface area contributed by atoms with Gasteiger partial charge in [-0.1, -0.05) is 42.5 Å². The molecule has 0 atom stereocenters. The molecule has 136 valence electrons. The van der Waals surface area contributed by atoms with Gasteiger partial charge in [-0.05, 0) is 29.7 Å². The molecule has 1 fully saturated rings. The van der Waals surface area contributed by atoms with E-state index in [0.29, 0.717) is 25.1 Å². The number of nitrogens with zero attached hydrogens (tertiary/aromatic N) is 2. The molecule has 5 nitrogen and oxygen atoms in total. The lowest BCUT2D eigenvalue weighted by Gasteiger charge is -2.22. The molecular weight excluding hydrogens is 328 g/mol. The van der Waals surface area contributed by atoms with Crippen molar-refractivity contribution in [2.75, 3.05) is 19.7 Å². The first kappa shape index (κ1) is 18.1. The van der Waals surface area contributed by atoms with Gasteiger partial charge in [-0.2, -0.15) is 0 Å². The fourth-order valence-electron chi connectivity index (χ4n) is 3.20. The highest BCUT2D eigenvalue weighted by Crippen LogP contribution is 2.16. The Morgan fingerprint density at radius 2 is 1.77 bits per heavy atom. The van der Waals surface area contributed by atoms with Gasteiger partial charge in [-0.25, -0.2) is 0 Å². The van der Waals surface area contributed by atoms with E-state index in [1.807, 2.05) is 47.4 Å². The summed E-state index contributed by atoms with van der Waals surface area (Å²) < 4.78 is 0. The summed E-state index contributed by atoms with van der Waals surface area (Å²) in [6, 6.07) is 17.1. The van der Waals surface area contributed by atoms with Crippen LogP contribution in [-0.2, 0) is 17.9 Å². The molecule has 1 aliphatic rings. The summed E-state index contributed by atoms with van der Waals surface area (Å²) >= 11 is 0. The molecular formula is C21H24N2O3. The molecule has 1 N–H and O–H groups in total. The molecule has 2 aromatic rings. The summed E-state index contributed by atoms with van der Waals surface area (Å²) in [5.74, 6) is 0.0915. The Bertz CT molecular complexity index is 744. The molecule has 0 bridgehead atoms. The van der Waals surface area contributed by atoms with Crippen LogP contribution in [0.15, 0.2) is 54.6 Å². The first-order valence-electron chi connectivity index (χ1n) is 8.98. The summed E-state index contributed by atoms with van der Waals surface area (Å²) in [5.41, 5.74) is 2.64. The predicted molar refractivity (Wildman–Crippen MR) is 99.4 cm³/mol. The van der Waals surface area contributed by atoms with Crippen molar-refractivity contribution >= 4 is 11.8 Å². The van der Waals surface area contributed by atoms with Crippen molar-refractivity contribution in [2.45, 2.75) is 25.9 Å². The van der Waals surface area contributed by atoms with Crippen molar-refractivity contribution in [2.24, 2.45) is 0 Å². The first-order chi connectivity index (χ1) is 12.7. The number of amides is 2. The maximum absolute atomic E-state index is 12.8. The quantitative estimate of drug-likeness (QED) is 0.833. The molecule has 2 aromatic carbocycles. The van der Waals surface area contributed by atoms with Crippen LogP contribution in [-0.4, -0.2) is 46.4 Å². The second-order valence-corrected chi connectivity index (χ2v) is 6.55. The Morgan fingerprint density at radius 1 is 1.04 bits per heavy atom. The van der Waals surface area contributed by atoms with Crippen LogP contribution in [0.2, 0.25) is 0 Å². The van der Waals surface area contributed by atoms with E-state index < -0.39 is 0 Å². The van der Waals surface area contributed by atoms with Crippen LogP contribution in [0.3, 0.4) is 0 Å². The topological polar surface area (TPSA) is 60.9 Å². The Balaban J connectivity index is 1.67. The van der Waals surface area contributed by atoms with Crippen LogP contribution < -0.4 is 0 Å². The average Bonchev–Trinajstić information content (AvgIpc) is 3.07. The van der Waals surface area contributed by atoms with Crippen molar-refractivity contribution < 1.29 is 14.7 Å². The number of hydrogen-bond acceptors (Lipinski definition) is 3. The van der Waals surface area contributed by atoms with Crippen molar-refractivity contribution in [3.63, 3.8) is 0 Å². The van der Waals surface area contributed by atoms with Gasteiger partial charge in [0.1, 0.15) is 0 Å². The van der Waals surface area contributed by atoms with E-state index in [0.717, 1.165) is 24.1 Å². The van der Waals surface area contributed by atoms with Crippen LogP contribution in [0, 0.1) is 0 Å². The molecule has 0 saturated carbocycles. The molecule has 0 aromatic heterocycles. The number of likely N-dealkylation sites (tertiary alicyclic amines) is 1. The SMILES string of the molecule is O=C1CCCN1Cc1ccc(C(=O)N(CCO)Cc2ccccc2)cc1. The number of benzene rings is 2. The van der Waals surface area contributed by atoms with Crippen LogP contribution in [0.5, 0.6) is 0 Å². The predicted octanol–water partition coefficient (Wildman–Crippen LogP) is 2.44. The molecule has 0 aliphatic carbocycles. The summed E-state index contributed by atoms with van der Waals surface area (Å²) in [4.78, 5) is 28.0. The fourth-order valence-corrected chi connectivity index (χ4v) is 3.20. The van der Waals surface area contributed by atoms with E-state index in [-0.39, 0.29) is 25.0 Å². The van der Waals surface area contributed by atoms with Gasteiger partial charge in [0.2, 0.25) is 5.91 Å². The fraction of sp³-hybridized carbons (Fsp3) is 0.333. The van der Waals surface area contributed by atoms with Gasteiger partial charge in [0.15, 0.2) is 0 Å². The van der Waals surface area contributed by atoms with Crippen LogP contribution in [0.25, 0.3) is 0 Å². The molecule has 3 rings (SSSR count). The Kier molecular flexibility index (Phi) is 6.02. The van der Waals surface area contributed by atoms with E-state index in [2.05, 4.69) is 0 Å². The van der Waals surface area contributed by atoms with Crippen molar-refractivity contribution in [1.82, 2.24) is 9.80 Å². The van der Waals surface area contributed by atoms with Gasteiger partial charge < -0.3 is 14.9 Å². The van der Waals surface area contributed by atoms with Crippen molar-refractivity contribution in [3.05, 3.63) is 71.3 Å². The van der Waals surface area contributed by atoms with E-state index in [4.69, 9.17) is 0 Å². The standard InChI is InChI=1S/C21H24N2O3/c24-14-13-23(16-17-5-2-1-3-6-17)21(26)19-10-8-18(9-11-19)15-22-12-4-7-20(22)25/h1-3,5-6,8-11,24H,4,7,12-16H2. The molecule has 5 heteroatoms. The summed E-state index contributed by atoms with van der Waals surface area (Å²) in [5, 5.41) is 9.31. The number of carbonyl (C=O) groups is 2. The zero-order valence-electron chi connectivity index (χ0n) is 14.8. The summed E-state index contributed by atoms with van der Waals surface area (Å²) in [6.07, 6.45) is 1.55. The number of aliphatic hydroxyl groups excluding tert-OH is 1. The van der Waals surface area contributed by atoms with Gasteiger partial charge in [-0.3, -0.25) is 9.59 Å². The largest absolute Gasteiger partial charge is 0.395 e. The molecule has 1 saturated heterocycles. The molecule has 1 aliphatic heterocycles. The smallest absolute Gasteiger partial charge is 0.254 e. The molecule has 1 heterocycles. The van der Waals surface area contributed by atoms with Crippen molar-refractivity contribution in [3.8, 4) is 0 Å². The van der Waals surface area contributed by atoms with Crippen molar-refractivity contribution in [1.29, 1.82) is 0 Å². The number of hydrogen-bond donors (Lipinski definition) is 1. The monoisotopic (exact) mass is 352 g/mol. The zero-order chi connectivity index (χ0) is 18.4. The maximum atomic E-state index is 12.8. The highest BCUT2D eigenvalue weighted by molar-refractivity contribution is 5.94. The van der Waals surface area contributed by atoms with E-state index in [1.54, 1.807) is 17.0 Å². The van der Waals surface area contributed by atoms with E-state index >= 15 is 0 Å². The lowest BCUT2D eigenvalue weighted by molar-refractivity contribution is -0.128. The van der Waals surface area contributed by atoms with Gasteiger partial charge in [0, 0.05) is 38.2 Å². The molecule has 0 spiro atoms. The number of carbonyl (C=O) groups excluding carboxylic acids is 2. The molecule has 0 unspecified atom stereocenters. The second kappa shape index (κ2) is 8.63.